The molecule has 0 fully saturated rings. The zero-order valence-electron chi connectivity index (χ0n) is 15.4. The van der Waals surface area contributed by atoms with Crippen molar-refractivity contribution >= 4 is 17.5 Å². The van der Waals surface area contributed by atoms with E-state index in [-0.39, 0.29) is 17.0 Å². The summed E-state index contributed by atoms with van der Waals surface area (Å²) in [4.78, 5) is 12.4. The van der Waals surface area contributed by atoms with Gasteiger partial charge in [-0.15, -0.1) is 10.2 Å². The van der Waals surface area contributed by atoms with E-state index in [4.69, 9.17) is 4.42 Å². The first kappa shape index (κ1) is 18.4. The second kappa shape index (κ2) is 7.46. The smallest absolute Gasteiger partial charge is 0.277 e. The van der Waals surface area contributed by atoms with Crippen LogP contribution in [-0.2, 0) is 5.41 Å². The van der Waals surface area contributed by atoms with Gasteiger partial charge in [-0.3, -0.25) is 4.79 Å². The van der Waals surface area contributed by atoms with Crippen molar-refractivity contribution in [2.75, 3.05) is 5.75 Å². The van der Waals surface area contributed by atoms with Gasteiger partial charge >= 0.3 is 0 Å². The number of aromatic nitrogens is 2. The largest absolute Gasteiger partial charge is 0.411 e. The van der Waals surface area contributed by atoms with E-state index in [1.807, 2.05) is 55.5 Å². The minimum Gasteiger partial charge on any atom is -0.411 e. The lowest BCUT2D eigenvalue weighted by Gasteiger charge is -2.18. The Labute approximate surface area is 158 Å². The van der Waals surface area contributed by atoms with E-state index < -0.39 is 0 Å². The molecule has 0 radical (unpaired) electrons. The normalized spacial score (nSPS) is 11.5. The van der Waals surface area contributed by atoms with Gasteiger partial charge in [0.15, 0.2) is 5.78 Å². The number of thioether (sulfide) groups is 1. The second-order valence-corrected chi connectivity index (χ2v) is 8.20. The standard InChI is InChI=1S/C21H22N2O2S/c1-14-5-7-16(8-6-14)19-22-23-20(25-19)26-13-18(24)15-9-11-17(12-10-15)21(2,3)4/h5-12H,13H2,1-4H3. The zero-order valence-corrected chi connectivity index (χ0v) is 16.3. The molecule has 3 rings (SSSR count). The Kier molecular flexibility index (Phi) is 5.28. The maximum Gasteiger partial charge on any atom is 0.277 e. The molecular weight excluding hydrogens is 344 g/mol. The van der Waals surface area contributed by atoms with Crippen LogP contribution in [0.1, 0.15) is 42.3 Å². The molecule has 0 aliphatic heterocycles. The number of nitrogens with zero attached hydrogens (tertiary/aromatic N) is 2. The highest BCUT2D eigenvalue weighted by Crippen LogP contribution is 2.25. The first-order valence-corrected chi connectivity index (χ1v) is 9.48. The number of ketones is 1. The van der Waals surface area contributed by atoms with Crippen LogP contribution >= 0.6 is 11.8 Å². The Hall–Kier alpha value is -2.40. The fourth-order valence-electron chi connectivity index (χ4n) is 2.45. The van der Waals surface area contributed by atoms with E-state index in [0.717, 1.165) is 5.56 Å². The maximum atomic E-state index is 12.4. The van der Waals surface area contributed by atoms with Crippen molar-refractivity contribution in [3.05, 3.63) is 65.2 Å². The lowest BCUT2D eigenvalue weighted by atomic mass is 9.86. The summed E-state index contributed by atoms with van der Waals surface area (Å²) in [6, 6.07) is 15.7. The summed E-state index contributed by atoms with van der Waals surface area (Å²) < 4.78 is 5.65. The number of carbonyl (C=O) groups is 1. The molecule has 0 N–H and O–H groups in total. The lowest BCUT2D eigenvalue weighted by molar-refractivity contribution is 0.102. The number of hydrogen-bond acceptors (Lipinski definition) is 5. The Morgan fingerprint density at radius 1 is 1.00 bits per heavy atom. The van der Waals surface area contributed by atoms with E-state index >= 15 is 0 Å². The predicted octanol–water partition coefficient (Wildman–Crippen LogP) is 5.32. The van der Waals surface area contributed by atoms with E-state index in [1.54, 1.807) is 0 Å². The van der Waals surface area contributed by atoms with Gasteiger partial charge in [-0.25, -0.2) is 0 Å². The highest BCUT2D eigenvalue weighted by atomic mass is 32.2. The van der Waals surface area contributed by atoms with Crippen LogP contribution in [0.25, 0.3) is 11.5 Å². The second-order valence-electron chi connectivity index (χ2n) is 7.28. The van der Waals surface area contributed by atoms with E-state index in [2.05, 4.69) is 31.0 Å². The van der Waals surface area contributed by atoms with Crippen LogP contribution < -0.4 is 0 Å². The van der Waals surface area contributed by atoms with Crippen LogP contribution in [0.4, 0.5) is 0 Å². The van der Waals surface area contributed by atoms with Crippen LogP contribution in [0.2, 0.25) is 0 Å². The van der Waals surface area contributed by atoms with Crippen molar-refractivity contribution in [3.63, 3.8) is 0 Å². The Morgan fingerprint density at radius 2 is 1.65 bits per heavy atom. The molecule has 0 saturated carbocycles. The van der Waals surface area contributed by atoms with Crippen LogP contribution in [0.3, 0.4) is 0 Å². The molecule has 0 aliphatic rings. The molecule has 1 aromatic heterocycles. The first-order chi connectivity index (χ1) is 12.3. The van der Waals surface area contributed by atoms with Crippen molar-refractivity contribution in [1.82, 2.24) is 10.2 Å². The molecule has 0 unspecified atom stereocenters. The molecule has 0 atom stereocenters. The fraction of sp³-hybridized carbons (Fsp3) is 0.286. The zero-order chi connectivity index (χ0) is 18.7. The average molecular weight is 366 g/mol. The first-order valence-electron chi connectivity index (χ1n) is 8.50. The maximum absolute atomic E-state index is 12.4. The molecule has 0 aliphatic carbocycles. The molecular formula is C21H22N2O2S. The molecule has 2 aromatic carbocycles. The fourth-order valence-corrected chi connectivity index (χ4v) is 3.11. The van der Waals surface area contributed by atoms with Crippen LogP contribution in [0, 0.1) is 6.92 Å². The van der Waals surface area contributed by atoms with Crippen molar-refractivity contribution < 1.29 is 9.21 Å². The van der Waals surface area contributed by atoms with Crippen LogP contribution in [-0.4, -0.2) is 21.7 Å². The molecule has 5 heteroatoms. The van der Waals surface area contributed by atoms with Gasteiger partial charge in [0.2, 0.25) is 5.89 Å². The molecule has 0 spiro atoms. The van der Waals surface area contributed by atoms with Crippen molar-refractivity contribution in [1.29, 1.82) is 0 Å². The Balaban J connectivity index is 1.62. The summed E-state index contributed by atoms with van der Waals surface area (Å²) in [5.74, 6) is 0.782. The number of carbonyl (C=O) groups excluding carboxylic acids is 1. The third-order valence-electron chi connectivity index (χ3n) is 4.10. The lowest BCUT2D eigenvalue weighted by Crippen LogP contribution is -2.11. The van der Waals surface area contributed by atoms with Gasteiger partial charge in [-0.2, -0.15) is 0 Å². The van der Waals surface area contributed by atoms with Gasteiger partial charge in [0.1, 0.15) is 0 Å². The van der Waals surface area contributed by atoms with Crippen LogP contribution in [0.5, 0.6) is 0 Å². The van der Waals surface area contributed by atoms with Crippen molar-refractivity contribution in [3.8, 4) is 11.5 Å². The van der Waals surface area contributed by atoms with Gasteiger partial charge in [0, 0.05) is 11.1 Å². The van der Waals surface area contributed by atoms with E-state index in [9.17, 15) is 4.79 Å². The predicted molar refractivity (Wildman–Crippen MR) is 105 cm³/mol. The minimum absolute atomic E-state index is 0.0468. The topological polar surface area (TPSA) is 56.0 Å². The number of aryl methyl sites for hydroxylation is 1. The third-order valence-corrected chi connectivity index (χ3v) is 4.92. The van der Waals surface area contributed by atoms with Crippen LogP contribution in [0.15, 0.2) is 58.2 Å². The average Bonchev–Trinajstić information content (AvgIpc) is 3.08. The number of hydrogen-bond donors (Lipinski definition) is 0. The number of benzene rings is 2. The van der Waals surface area contributed by atoms with Gasteiger partial charge in [0.25, 0.3) is 5.22 Å². The van der Waals surface area contributed by atoms with Crippen molar-refractivity contribution in [2.45, 2.75) is 38.3 Å². The molecule has 0 bridgehead atoms. The summed E-state index contributed by atoms with van der Waals surface area (Å²) in [6.45, 7) is 8.49. The number of rotatable bonds is 5. The van der Waals surface area contributed by atoms with Crippen molar-refractivity contribution in [2.24, 2.45) is 0 Å². The summed E-state index contributed by atoms with van der Waals surface area (Å²) >= 11 is 1.26. The Bertz CT molecular complexity index is 891. The summed E-state index contributed by atoms with van der Waals surface area (Å²) in [5, 5.41) is 8.48. The minimum atomic E-state index is 0.0468. The summed E-state index contributed by atoms with van der Waals surface area (Å²) in [6.07, 6.45) is 0. The quantitative estimate of drug-likeness (QED) is 0.452. The number of Topliss-reactive ketones (excluding diaryl/α,β-unsaturated/α-hetero) is 1. The highest BCUT2D eigenvalue weighted by molar-refractivity contribution is 7.99. The molecule has 26 heavy (non-hydrogen) atoms. The Morgan fingerprint density at radius 3 is 2.27 bits per heavy atom. The van der Waals surface area contributed by atoms with E-state index in [0.29, 0.717) is 16.7 Å². The molecule has 3 aromatic rings. The summed E-state index contributed by atoms with van der Waals surface area (Å²) in [7, 11) is 0. The molecule has 0 amide bonds. The highest BCUT2D eigenvalue weighted by Gasteiger charge is 2.15. The third kappa shape index (κ3) is 4.41. The molecule has 4 nitrogen and oxygen atoms in total. The summed E-state index contributed by atoms with van der Waals surface area (Å²) in [5.41, 5.74) is 4.03. The van der Waals surface area contributed by atoms with Gasteiger partial charge in [-0.05, 0) is 30.0 Å². The molecule has 0 saturated heterocycles. The molecule has 134 valence electrons. The SMILES string of the molecule is Cc1ccc(-c2nnc(SCC(=O)c3ccc(C(C)(C)C)cc3)o2)cc1. The van der Waals surface area contributed by atoms with Gasteiger partial charge in [-0.1, -0.05) is 74.5 Å². The molecule has 1 heterocycles. The monoisotopic (exact) mass is 366 g/mol. The van der Waals surface area contributed by atoms with Gasteiger partial charge < -0.3 is 4.42 Å². The van der Waals surface area contributed by atoms with Gasteiger partial charge in [0.05, 0.1) is 5.75 Å². The van der Waals surface area contributed by atoms with E-state index in [1.165, 1.54) is 22.9 Å².